The second kappa shape index (κ2) is 4.12. The molecule has 0 N–H and O–H groups in total. The molecule has 0 aliphatic carbocycles. The van der Waals surface area contributed by atoms with Gasteiger partial charge in [0.2, 0.25) is 5.91 Å². The van der Waals surface area contributed by atoms with Gasteiger partial charge in [-0.2, -0.15) is 0 Å². The monoisotopic (exact) mass is 183 g/mol. The lowest BCUT2D eigenvalue weighted by Gasteiger charge is -2.36. The highest BCUT2D eigenvalue weighted by molar-refractivity contribution is 5.77. The van der Waals surface area contributed by atoms with Gasteiger partial charge in [0.25, 0.3) is 0 Å². The van der Waals surface area contributed by atoms with Crippen molar-refractivity contribution in [1.29, 1.82) is 0 Å². The van der Waals surface area contributed by atoms with Crippen LogP contribution in [0.25, 0.3) is 0 Å². The summed E-state index contributed by atoms with van der Waals surface area (Å²) in [5.74, 6) is 1.61. The van der Waals surface area contributed by atoms with Crippen LogP contribution in [0.3, 0.4) is 0 Å². The average molecular weight is 183 g/mol. The third kappa shape index (κ3) is 2.45. The zero-order valence-corrected chi connectivity index (χ0v) is 9.21. The Morgan fingerprint density at radius 3 is 2.31 bits per heavy atom. The van der Waals surface area contributed by atoms with E-state index in [0.29, 0.717) is 23.8 Å². The standard InChI is InChI=1S/C11H21NO/c1-8(2)10-5-6-12(9(3)4)11(13)7-10/h8-10H,5-7H2,1-4H3/t10-/m0/s1. The molecule has 0 aromatic heterocycles. The zero-order chi connectivity index (χ0) is 10.0. The molecule has 0 aromatic rings. The highest BCUT2D eigenvalue weighted by atomic mass is 16.2. The van der Waals surface area contributed by atoms with Crippen LogP contribution >= 0.6 is 0 Å². The number of amides is 1. The molecule has 0 spiro atoms. The van der Waals surface area contributed by atoms with Crippen molar-refractivity contribution >= 4 is 5.91 Å². The minimum atomic E-state index is 0.347. The minimum Gasteiger partial charge on any atom is -0.340 e. The van der Waals surface area contributed by atoms with E-state index in [9.17, 15) is 4.79 Å². The lowest BCUT2D eigenvalue weighted by Crippen LogP contribution is -2.43. The van der Waals surface area contributed by atoms with Gasteiger partial charge in [-0.25, -0.2) is 0 Å². The number of nitrogens with zero attached hydrogens (tertiary/aromatic N) is 1. The summed E-state index contributed by atoms with van der Waals surface area (Å²) in [7, 11) is 0. The first-order valence-corrected chi connectivity index (χ1v) is 5.31. The van der Waals surface area contributed by atoms with E-state index >= 15 is 0 Å². The second-order valence-electron chi connectivity index (χ2n) is 4.68. The summed E-state index contributed by atoms with van der Waals surface area (Å²) in [6, 6.07) is 0.376. The van der Waals surface area contributed by atoms with Crippen molar-refractivity contribution in [1.82, 2.24) is 4.90 Å². The first kappa shape index (κ1) is 10.6. The largest absolute Gasteiger partial charge is 0.340 e. The van der Waals surface area contributed by atoms with Gasteiger partial charge in [-0.15, -0.1) is 0 Å². The first-order chi connectivity index (χ1) is 6.02. The van der Waals surface area contributed by atoms with Crippen LogP contribution in [-0.2, 0) is 4.79 Å². The molecule has 0 bridgehead atoms. The topological polar surface area (TPSA) is 20.3 Å². The SMILES string of the molecule is CC(C)[C@H]1CCN(C(C)C)C(=O)C1. The van der Waals surface area contributed by atoms with Crippen molar-refractivity contribution in [3.05, 3.63) is 0 Å². The first-order valence-electron chi connectivity index (χ1n) is 5.31. The number of hydrogen-bond acceptors (Lipinski definition) is 1. The molecule has 1 amide bonds. The predicted molar refractivity (Wildman–Crippen MR) is 54.4 cm³/mol. The van der Waals surface area contributed by atoms with E-state index < -0.39 is 0 Å². The Balaban J connectivity index is 2.52. The van der Waals surface area contributed by atoms with Crippen LogP contribution in [0.1, 0.15) is 40.5 Å². The van der Waals surface area contributed by atoms with Crippen LogP contribution < -0.4 is 0 Å². The summed E-state index contributed by atoms with van der Waals surface area (Å²) in [6.45, 7) is 9.56. The van der Waals surface area contributed by atoms with E-state index in [-0.39, 0.29) is 0 Å². The normalized spacial score (nSPS) is 24.6. The summed E-state index contributed by atoms with van der Waals surface area (Å²) in [5.41, 5.74) is 0. The van der Waals surface area contributed by atoms with Crippen LogP contribution in [0.2, 0.25) is 0 Å². The summed E-state index contributed by atoms with van der Waals surface area (Å²) >= 11 is 0. The van der Waals surface area contributed by atoms with Crippen LogP contribution in [-0.4, -0.2) is 23.4 Å². The molecule has 2 nitrogen and oxygen atoms in total. The van der Waals surface area contributed by atoms with Gasteiger partial charge < -0.3 is 4.90 Å². The number of rotatable bonds is 2. The molecule has 0 unspecified atom stereocenters. The van der Waals surface area contributed by atoms with Crippen LogP contribution in [0, 0.1) is 11.8 Å². The third-order valence-corrected chi connectivity index (χ3v) is 3.06. The minimum absolute atomic E-state index is 0.347. The zero-order valence-electron chi connectivity index (χ0n) is 9.21. The quantitative estimate of drug-likeness (QED) is 0.643. The molecule has 76 valence electrons. The van der Waals surface area contributed by atoms with Crippen LogP contribution in [0.5, 0.6) is 0 Å². The van der Waals surface area contributed by atoms with Crippen molar-refractivity contribution in [3.63, 3.8) is 0 Å². The van der Waals surface area contributed by atoms with Crippen molar-refractivity contribution in [2.75, 3.05) is 6.54 Å². The molecule has 1 atom stereocenters. The molecule has 1 aliphatic heterocycles. The fourth-order valence-electron chi connectivity index (χ4n) is 1.99. The number of carbonyl (C=O) groups is 1. The summed E-state index contributed by atoms with van der Waals surface area (Å²) < 4.78 is 0. The van der Waals surface area contributed by atoms with Gasteiger partial charge in [-0.05, 0) is 32.1 Å². The Hall–Kier alpha value is -0.530. The molecule has 2 heteroatoms. The molecule has 1 fully saturated rings. The van der Waals surface area contributed by atoms with Crippen LogP contribution in [0.15, 0.2) is 0 Å². The fraction of sp³-hybridized carbons (Fsp3) is 0.909. The van der Waals surface area contributed by atoms with E-state index in [4.69, 9.17) is 0 Å². The maximum atomic E-state index is 11.7. The van der Waals surface area contributed by atoms with Crippen molar-refractivity contribution in [2.24, 2.45) is 11.8 Å². The highest BCUT2D eigenvalue weighted by Gasteiger charge is 2.28. The summed E-state index contributed by atoms with van der Waals surface area (Å²) in [4.78, 5) is 13.7. The fourth-order valence-corrected chi connectivity index (χ4v) is 1.99. The number of likely N-dealkylation sites (tertiary alicyclic amines) is 1. The lowest BCUT2D eigenvalue weighted by atomic mass is 9.86. The molecule has 1 heterocycles. The average Bonchev–Trinajstić information content (AvgIpc) is 2.03. The third-order valence-electron chi connectivity index (χ3n) is 3.06. The molecule has 1 saturated heterocycles. The molecule has 13 heavy (non-hydrogen) atoms. The molecular formula is C11H21NO. The molecule has 0 saturated carbocycles. The van der Waals surface area contributed by atoms with Gasteiger partial charge in [-0.3, -0.25) is 4.79 Å². The maximum Gasteiger partial charge on any atom is 0.223 e. The Bertz CT molecular complexity index is 187. The smallest absolute Gasteiger partial charge is 0.223 e. The van der Waals surface area contributed by atoms with E-state index in [2.05, 4.69) is 27.7 Å². The van der Waals surface area contributed by atoms with Gasteiger partial charge in [0.15, 0.2) is 0 Å². The lowest BCUT2D eigenvalue weighted by molar-refractivity contribution is -0.137. The molecule has 1 aliphatic rings. The van der Waals surface area contributed by atoms with Gasteiger partial charge in [0.1, 0.15) is 0 Å². The van der Waals surface area contributed by atoms with Crippen molar-refractivity contribution in [3.8, 4) is 0 Å². The van der Waals surface area contributed by atoms with Crippen LogP contribution in [0.4, 0.5) is 0 Å². The number of carbonyl (C=O) groups excluding carboxylic acids is 1. The van der Waals surface area contributed by atoms with E-state index in [1.165, 1.54) is 6.42 Å². The maximum absolute atomic E-state index is 11.7. The Morgan fingerprint density at radius 1 is 1.31 bits per heavy atom. The van der Waals surface area contributed by atoms with Gasteiger partial charge in [-0.1, -0.05) is 13.8 Å². The molecule has 0 aromatic carbocycles. The van der Waals surface area contributed by atoms with Gasteiger partial charge >= 0.3 is 0 Å². The summed E-state index contributed by atoms with van der Waals surface area (Å²) in [6.07, 6.45) is 1.94. The van der Waals surface area contributed by atoms with E-state index in [0.717, 1.165) is 13.0 Å². The van der Waals surface area contributed by atoms with Crippen molar-refractivity contribution < 1.29 is 4.79 Å². The van der Waals surface area contributed by atoms with Gasteiger partial charge in [0.05, 0.1) is 0 Å². The molecule has 0 radical (unpaired) electrons. The van der Waals surface area contributed by atoms with E-state index in [1.54, 1.807) is 0 Å². The highest BCUT2D eigenvalue weighted by Crippen LogP contribution is 2.26. The Morgan fingerprint density at radius 2 is 1.92 bits per heavy atom. The Kier molecular flexibility index (Phi) is 3.34. The number of hydrogen-bond donors (Lipinski definition) is 0. The van der Waals surface area contributed by atoms with Gasteiger partial charge in [0, 0.05) is 19.0 Å². The second-order valence-corrected chi connectivity index (χ2v) is 4.68. The molecular weight excluding hydrogens is 162 g/mol. The Labute approximate surface area is 81.3 Å². The van der Waals surface area contributed by atoms with Crippen molar-refractivity contribution in [2.45, 2.75) is 46.6 Å². The predicted octanol–water partition coefficient (Wildman–Crippen LogP) is 2.29. The summed E-state index contributed by atoms with van der Waals surface area (Å²) in [5, 5.41) is 0. The number of piperidine rings is 1. The molecule has 1 rings (SSSR count). The van der Waals surface area contributed by atoms with E-state index in [1.807, 2.05) is 4.90 Å².